The average molecular weight is 453 g/mol. The average Bonchev–Trinajstić information content (AvgIpc) is 3.43. The van der Waals surface area contributed by atoms with E-state index < -0.39 is 17.4 Å². The first-order chi connectivity index (χ1) is 15.5. The zero-order valence-corrected chi connectivity index (χ0v) is 17.9. The third kappa shape index (κ3) is 3.69. The highest BCUT2D eigenvalue weighted by Crippen LogP contribution is 2.34. The van der Waals surface area contributed by atoms with Crippen LogP contribution in [0, 0.1) is 5.82 Å². The van der Waals surface area contributed by atoms with Crippen LogP contribution < -0.4 is 16.6 Å². The maximum absolute atomic E-state index is 13.3. The highest BCUT2D eigenvalue weighted by atomic mass is 32.1. The minimum absolute atomic E-state index is 0.00912. The van der Waals surface area contributed by atoms with E-state index in [1.807, 2.05) is 0 Å². The standard InChI is InChI=1S/C23H20FN3O4S/c24-14-7-9-15(10-8-14)25-19(28)13-27-22-20(17-5-1-2-6-18(17)32-22)21(29)26(23(27)30)12-16-4-3-11-31-16/h3-4,7-11H,1-2,5-6,12-13H2,(H,25,28). The molecule has 0 spiro atoms. The molecule has 7 nitrogen and oxygen atoms in total. The molecule has 9 heteroatoms. The number of carbonyl (C=O) groups is 1. The van der Waals surface area contributed by atoms with Crippen LogP contribution in [-0.4, -0.2) is 15.0 Å². The lowest BCUT2D eigenvalue weighted by Crippen LogP contribution is -2.41. The molecule has 32 heavy (non-hydrogen) atoms. The fraction of sp³-hybridized carbons (Fsp3) is 0.261. The summed E-state index contributed by atoms with van der Waals surface area (Å²) in [6.07, 6.45) is 5.16. The quantitative estimate of drug-likeness (QED) is 0.501. The van der Waals surface area contributed by atoms with E-state index in [2.05, 4.69) is 5.32 Å². The Morgan fingerprint density at radius 2 is 1.88 bits per heavy atom. The van der Waals surface area contributed by atoms with E-state index in [1.54, 1.807) is 12.1 Å². The second-order valence-electron chi connectivity index (χ2n) is 7.79. The van der Waals surface area contributed by atoms with E-state index in [9.17, 15) is 18.8 Å². The summed E-state index contributed by atoms with van der Waals surface area (Å²) in [6, 6.07) is 8.79. The van der Waals surface area contributed by atoms with Gasteiger partial charge in [0.05, 0.1) is 18.2 Å². The number of benzene rings is 1. The highest BCUT2D eigenvalue weighted by Gasteiger charge is 2.24. The zero-order valence-electron chi connectivity index (χ0n) is 17.1. The molecule has 0 saturated heterocycles. The first-order valence-electron chi connectivity index (χ1n) is 10.4. The van der Waals surface area contributed by atoms with Crippen LogP contribution in [0.2, 0.25) is 0 Å². The first kappa shape index (κ1) is 20.4. The number of rotatable bonds is 5. The largest absolute Gasteiger partial charge is 0.467 e. The van der Waals surface area contributed by atoms with Gasteiger partial charge in [0.1, 0.15) is 23.0 Å². The minimum Gasteiger partial charge on any atom is -0.467 e. The monoisotopic (exact) mass is 453 g/mol. The van der Waals surface area contributed by atoms with Crippen molar-refractivity contribution in [2.24, 2.45) is 0 Å². The van der Waals surface area contributed by atoms with Gasteiger partial charge in [-0.05, 0) is 67.6 Å². The van der Waals surface area contributed by atoms with Gasteiger partial charge in [-0.15, -0.1) is 11.3 Å². The molecular formula is C23H20FN3O4S. The molecule has 0 unspecified atom stereocenters. The summed E-state index contributed by atoms with van der Waals surface area (Å²) < 4.78 is 21.0. The van der Waals surface area contributed by atoms with Gasteiger partial charge >= 0.3 is 5.69 Å². The Labute approximate surface area is 185 Å². The van der Waals surface area contributed by atoms with E-state index in [0.29, 0.717) is 21.7 Å². The number of aryl methyl sites for hydroxylation is 2. The van der Waals surface area contributed by atoms with Crippen molar-refractivity contribution < 1.29 is 13.6 Å². The summed E-state index contributed by atoms with van der Waals surface area (Å²) in [5.41, 5.74) is 0.500. The fourth-order valence-corrected chi connectivity index (χ4v) is 5.50. The molecule has 3 heterocycles. The van der Waals surface area contributed by atoms with Gasteiger partial charge in [-0.1, -0.05) is 0 Å². The van der Waals surface area contributed by atoms with Crippen molar-refractivity contribution in [1.82, 2.24) is 9.13 Å². The number of thiophene rings is 1. The molecule has 1 aliphatic rings. The highest BCUT2D eigenvalue weighted by molar-refractivity contribution is 7.18. The minimum atomic E-state index is -0.563. The molecule has 0 saturated carbocycles. The van der Waals surface area contributed by atoms with Crippen molar-refractivity contribution in [1.29, 1.82) is 0 Å². The zero-order chi connectivity index (χ0) is 22.2. The number of furan rings is 1. The molecule has 4 aromatic rings. The van der Waals surface area contributed by atoms with Crippen LogP contribution in [0.4, 0.5) is 10.1 Å². The van der Waals surface area contributed by atoms with Crippen molar-refractivity contribution in [3.05, 3.63) is 85.5 Å². The maximum Gasteiger partial charge on any atom is 0.333 e. The molecule has 1 N–H and O–H groups in total. The Hall–Kier alpha value is -3.46. The summed E-state index contributed by atoms with van der Waals surface area (Å²) in [5, 5.41) is 3.20. The molecule has 1 aromatic carbocycles. The molecular weight excluding hydrogens is 433 g/mol. The SMILES string of the molecule is O=C(Cn1c(=O)n(Cc2ccco2)c(=O)c2c3c(sc21)CCCC3)Nc1ccc(F)cc1. The van der Waals surface area contributed by atoms with Gasteiger partial charge < -0.3 is 9.73 Å². The van der Waals surface area contributed by atoms with Gasteiger partial charge in [-0.2, -0.15) is 0 Å². The molecule has 0 aliphatic heterocycles. The predicted molar refractivity (Wildman–Crippen MR) is 120 cm³/mol. The van der Waals surface area contributed by atoms with Crippen LogP contribution in [0.5, 0.6) is 0 Å². The number of fused-ring (bicyclic) bond motifs is 3. The lowest BCUT2D eigenvalue weighted by atomic mass is 9.97. The van der Waals surface area contributed by atoms with Crippen LogP contribution in [0.25, 0.3) is 10.2 Å². The van der Waals surface area contributed by atoms with Gasteiger partial charge in [0.15, 0.2) is 0 Å². The number of aromatic nitrogens is 2. The van der Waals surface area contributed by atoms with Crippen molar-refractivity contribution in [2.45, 2.75) is 38.8 Å². The van der Waals surface area contributed by atoms with Crippen LogP contribution in [0.3, 0.4) is 0 Å². The van der Waals surface area contributed by atoms with Gasteiger partial charge in [0, 0.05) is 10.6 Å². The number of nitrogens with one attached hydrogen (secondary N) is 1. The number of hydrogen-bond donors (Lipinski definition) is 1. The molecule has 0 fully saturated rings. The Kier molecular flexibility index (Phi) is 5.26. The van der Waals surface area contributed by atoms with E-state index in [4.69, 9.17) is 4.42 Å². The molecule has 5 rings (SSSR count). The molecule has 0 bridgehead atoms. The van der Waals surface area contributed by atoms with E-state index in [1.165, 1.54) is 46.4 Å². The number of hydrogen-bond acceptors (Lipinski definition) is 5. The summed E-state index contributed by atoms with van der Waals surface area (Å²) in [7, 11) is 0. The second-order valence-corrected chi connectivity index (χ2v) is 8.87. The third-order valence-corrected chi connectivity index (χ3v) is 6.96. The Morgan fingerprint density at radius 3 is 2.62 bits per heavy atom. The third-order valence-electron chi connectivity index (χ3n) is 5.64. The van der Waals surface area contributed by atoms with Crippen molar-refractivity contribution in [3.8, 4) is 0 Å². The Balaban J connectivity index is 1.60. The molecule has 3 aromatic heterocycles. The summed E-state index contributed by atoms with van der Waals surface area (Å²) >= 11 is 1.42. The van der Waals surface area contributed by atoms with Crippen LogP contribution in [-0.2, 0) is 30.7 Å². The van der Waals surface area contributed by atoms with E-state index >= 15 is 0 Å². The summed E-state index contributed by atoms with van der Waals surface area (Å²) in [5.74, 6) is -0.361. The summed E-state index contributed by atoms with van der Waals surface area (Å²) in [6.45, 7) is -0.269. The first-order valence-corrected chi connectivity index (χ1v) is 11.2. The number of anilines is 1. The van der Waals surface area contributed by atoms with Crippen LogP contribution in [0.15, 0.2) is 56.7 Å². The number of halogens is 1. The lowest BCUT2D eigenvalue weighted by molar-refractivity contribution is -0.116. The smallest absolute Gasteiger partial charge is 0.333 e. The van der Waals surface area contributed by atoms with Gasteiger partial charge in [-0.3, -0.25) is 18.7 Å². The maximum atomic E-state index is 13.3. The van der Waals surface area contributed by atoms with Gasteiger partial charge in [0.25, 0.3) is 5.56 Å². The molecule has 1 amide bonds. The van der Waals surface area contributed by atoms with Crippen LogP contribution >= 0.6 is 11.3 Å². The second kappa shape index (κ2) is 8.23. The van der Waals surface area contributed by atoms with Crippen LogP contribution in [0.1, 0.15) is 29.0 Å². The molecule has 0 radical (unpaired) electrons. The molecule has 1 aliphatic carbocycles. The number of nitrogens with zero attached hydrogens (tertiary/aromatic N) is 2. The topological polar surface area (TPSA) is 86.2 Å². The fourth-order valence-electron chi connectivity index (χ4n) is 4.13. The van der Waals surface area contributed by atoms with Gasteiger partial charge in [-0.25, -0.2) is 9.18 Å². The van der Waals surface area contributed by atoms with E-state index in [0.717, 1.165) is 40.7 Å². The lowest BCUT2D eigenvalue weighted by Gasteiger charge is -2.13. The van der Waals surface area contributed by atoms with Crippen molar-refractivity contribution in [3.63, 3.8) is 0 Å². The van der Waals surface area contributed by atoms with Gasteiger partial charge in [0.2, 0.25) is 5.91 Å². The molecule has 164 valence electrons. The predicted octanol–water partition coefficient (Wildman–Crippen LogP) is 3.52. The normalized spacial score (nSPS) is 13.3. The molecule has 0 atom stereocenters. The Morgan fingerprint density at radius 1 is 1.09 bits per heavy atom. The van der Waals surface area contributed by atoms with E-state index in [-0.39, 0.29) is 18.6 Å². The Bertz CT molecular complexity index is 1410. The van der Waals surface area contributed by atoms with Crippen molar-refractivity contribution >= 4 is 33.1 Å². The number of amides is 1. The summed E-state index contributed by atoms with van der Waals surface area (Å²) in [4.78, 5) is 41.1. The van der Waals surface area contributed by atoms with Crippen molar-refractivity contribution in [2.75, 3.05) is 5.32 Å². The number of carbonyl (C=O) groups excluding carboxylic acids is 1.